The lowest BCUT2D eigenvalue weighted by atomic mass is 9.94. The van der Waals surface area contributed by atoms with Gasteiger partial charge in [0.05, 0.1) is 25.3 Å². The van der Waals surface area contributed by atoms with E-state index >= 15 is 0 Å². The molecule has 0 aliphatic carbocycles. The molecule has 1 unspecified atom stereocenters. The monoisotopic (exact) mass is 488 g/mol. The molecule has 0 spiro atoms. The SMILES string of the molecule is CCOC(=O)C1=C(CN2CCC(NC(=O)OC(C)(C)C)CC2)NC(=O)NC1c1cccc(OC)c1. The minimum atomic E-state index is -0.667. The van der Waals surface area contributed by atoms with Crippen molar-refractivity contribution >= 4 is 18.1 Å². The topological polar surface area (TPSA) is 118 Å². The Morgan fingerprint density at radius 1 is 1.20 bits per heavy atom. The van der Waals surface area contributed by atoms with Gasteiger partial charge in [0.25, 0.3) is 0 Å². The van der Waals surface area contributed by atoms with Gasteiger partial charge in [0, 0.05) is 31.4 Å². The summed E-state index contributed by atoms with van der Waals surface area (Å²) in [6.45, 7) is 9.20. The molecule has 1 aromatic carbocycles. The van der Waals surface area contributed by atoms with Gasteiger partial charge in [0.2, 0.25) is 0 Å². The second-order valence-corrected chi connectivity index (χ2v) is 9.62. The fraction of sp³-hybridized carbons (Fsp3) is 0.560. The van der Waals surface area contributed by atoms with Gasteiger partial charge < -0.3 is 30.2 Å². The molecule has 10 nitrogen and oxygen atoms in total. The van der Waals surface area contributed by atoms with Crippen molar-refractivity contribution in [2.75, 3.05) is 33.4 Å². The predicted molar refractivity (Wildman–Crippen MR) is 130 cm³/mol. The summed E-state index contributed by atoms with van der Waals surface area (Å²) in [6, 6.07) is 6.20. The highest BCUT2D eigenvalue weighted by molar-refractivity contribution is 5.95. The summed E-state index contributed by atoms with van der Waals surface area (Å²) in [5, 5.41) is 8.58. The van der Waals surface area contributed by atoms with Gasteiger partial charge in [-0.05, 0) is 58.2 Å². The number of ether oxygens (including phenoxy) is 3. The highest BCUT2D eigenvalue weighted by Crippen LogP contribution is 2.30. The summed E-state index contributed by atoms with van der Waals surface area (Å²) in [7, 11) is 1.56. The maximum Gasteiger partial charge on any atom is 0.407 e. The zero-order chi connectivity index (χ0) is 25.6. The smallest absolute Gasteiger partial charge is 0.407 e. The molecule has 0 bridgehead atoms. The summed E-state index contributed by atoms with van der Waals surface area (Å²) in [4.78, 5) is 39.8. The highest BCUT2D eigenvalue weighted by Gasteiger charge is 2.35. The van der Waals surface area contributed by atoms with Crippen LogP contribution in [0.4, 0.5) is 9.59 Å². The van der Waals surface area contributed by atoms with E-state index < -0.39 is 23.7 Å². The number of hydrogen-bond donors (Lipinski definition) is 3. The average molecular weight is 489 g/mol. The molecular formula is C25H36N4O6. The number of hydrogen-bond acceptors (Lipinski definition) is 7. The van der Waals surface area contributed by atoms with Crippen molar-refractivity contribution in [3.8, 4) is 5.75 Å². The maximum absolute atomic E-state index is 13.0. The molecule has 2 heterocycles. The standard InChI is InChI=1S/C25H36N4O6/c1-6-34-22(30)20-19(27-23(31)28-21(20)16-8-7-9-18(14-16)33-5)15-29-12-10-17(11-13-29)26-24(32)35-25(2,3)4/h7-9,14,17,21H,6,10-13,15H2,1-5H3,(H,26,32)(H2,27,28,31). The number of amides is 3. The summed E-state index contributed by atoms with van der Waals surface area (Å²) >= 11 is 0. The Kier molecular flexibility index (Phi) is 8.61. The van der Waals surface area contributed by atoms with Crippen molar-refractivity contribution in [1.29, 1.82) is 0 Å². The van der Waals surface area contributed by atoms with Crippen LogP contribution in [0.15, 0.2) is 35.5 Å². The van der Waals surface area contributed by atoms with Crippen molar-refractivity contribution < 1.29 is 28.6 Å². The van der Waals surface area contributed by atoms with Gasteiger partial charge in [-0.1, -0.05) is 12.1 Å². The molecule has 0 saturated carbocycles. The van der Waals surface area contributed by atoms with E-state index in [1.165, 1.54) is 0 Å². The van der Waals surface area contributed by atoms with Crippen molar-refractivity contribution in [2.45, 2.75) is 58.2 Å². The van der Waals surface area contributed by atoms with E-state index in [9.17, 15) is 14.4 Å². The molecule has 192 valence electrons. The Bertz CT molecular complexity index is 963. The number of benzene rings is 1. The van der Waals surface area contributed by atoms with Gasteiger partial charge >= 0.3 is 18.1 Å². The molecule has 2 aliphatic rings. The zero-order valence-corrected chi connectivity index (χ0v) is 21.1. The lowest BCUT2D eigenvalue weighted by Crippen LogP contribution is -2.50. The van der Waals surface area contributed by atoms with Gasteiger partial charge in [-0.25, -0.2) is 14.4 Å². The normalized spacial score (nSPS) is 19.5. The van der Waals surface area contributed by atoms with Crippen LogP contribution in [0.1, 0.15) is 52.1 Å². The van der Waals surface area contributed by atoms with Crippen LogP contribution in [0, 0.1) is 0 Å². The molecule has 1 atom stereocenters. The van der Waals surface area contributed by atoms with Crippen LogP contribution in [-0.2, 0) is 14.3 Å². The largest absolute Gasteiger partial charge is 0.497 e. The molecule has 0 aromatic heterocycles. The first kappa shape index (κ1) is 26.3. The summed E-state index contributed by atoms with van der Waals surface area (Å²) in [5.74, 6) is 0.142. The van der Waals surface area contributed by atoms with Crippen LogP contribution in [0.3, 0.4) is 0 Å². The van der Waals surface area contributed by atoms with Crippen LogP contribution in [0.25, 0.3) is 0 Å². The van der Waals surface area contributed by atoms with Crippen LogP contribution in [0.5, 0.6) is 5.75 Å². The quantitative estimate of drug-likeness (QED) is 0.505. The van der Waals surface area contributed by atoms with Crippen molar-refractivity contribution in [3.05, 3.63) is 41.1 Å². The first-order valence-corrected chi connectivity index (χ1v) is 11.9. The minimum absolute atomic E-state index is 0.00625. The number of nitrogens with one attached hydrogen (secondary N) is 3. The Balaban J connectivity index is 1.75. The lowest BCUT2D eigenvalue weighted by Gasteiger charge is -2.35. The van der Waals surface area contributed by atoms with E-state index in [0.717, 1.165) is 18.4 Å². The number of nitrogens with zero attached hydrogens (tertiary/aromatic N) is 1. The molecule has 0 radical (unpaired) electrons. The van der Waals surface area contributed by atoms with Crippen LogP contribution in [0.2, 0.25) is 0 Å². The fourth-order valence-electron chi connectivity index (χ4n) is 4.20. The maximum atomic E-state index is 13.0. The van der Waals surface area contributed by atoms with Gasteiger partial charge in [-0.3, -0.25) is 4.90 Å². The Morgan fingerprint density at radius 3 is 2.54 bits per heavy atom. The van der Waals surface area contributed by atoms with Crippen molar-refractivity contribution in [2.24, 2.45) is 0 Å². The van der Waals surface area contributed by atoms with Crippen LogP contribution < -0.4 is 20.7 Å². The molecule has 10 heteroatoms. The number of urea groups is 1. The summed E-state index contributed by atoms with van der Waals surface area (Å²) < 4.78 is 16.0. The van der Waals surface area contributed by atoms with E-state index in [4.69, 9.17) is 14.2 Å². The van der Waals surface area contributed by atoms with Crippen LogP contribution in [-0.4, -0.2) is 68.0 Å². The molecule has 1 saturated heterocycles. The third-order valence-corrected chi connectivity index (χ3v) is 5.77. The number of methoxy groups -OCH3 is 1. The number of alkyl carbamates (subject to hydrolysis) is 1. The second kappa shape index (κ2) is 11.4. The fourth-order valence-corrected chi connectivity index (χ4v) is 4.20. The summed E-state index contributed by atoms with van der Waals surface area (Å²) in [5.41, 5.74) is 1.06. The number of piperidine rings is 1. The van der Waals surface area contributed by atoms with Crippen molar-refractivity contribution in [3.63, 3.8) is 0 Å². The van der Waals surface area contributed by atoms with Gasteiger partial charge in [0.1, 0.15) is 11.4 Å². The molecular weight excluding hydrogens is 452 g/mol. The number of carbonyl (C=O) groups excluding carboxylic acids is 3. The lowest BCUT2D eigenvalue weighted by molar-refractivity contribution is -0.139. The third kappa shape index (κ3) is 7.35. The van der Waals surface area contributed by atoms with E-state index in [1.54, 1.807) is 26.2 Å². The molecule has 35 heavy (non-hydrogen) atoms. The van der Waals surface area contributed by atoms with E-state index in [2.05, 4.69) is 20.9 Å². The number of rotatable bonds is 7. The Hall–Kier alpha value is -3.27. The van der Waals surface area contributed by atoms with Crippen LogP contribution >= 0.6 is 0 Å². The van der Waals surface area contributed by atoms with Gasteiger partial charge in [-0.15, -0.1) is 0 Å². The average Bonchev–Trinajstić information content (AvgIpc) is 2.79. The molecule has 3 amide bonds. The van der Waals surface area contributed by atoms with E-state index in [0.29, 0.717) is 36.7 Å². The van der Waals surface area contributed by atoms with Gasteiger partial charge in [-0.2, -0.15) is 0 Å². The molecule has 1 fully saturated rings. The number of esters is 1. The second-order valence-electron chi connectivity index (χ2n) is 9.62. The van der Waals surface area contributed by atoms with Crippen molar-refractivity contribution in [1.82, 2.24) is 20.9 Å². The Labute approximate surface area is 206 Å². The molecule has 3 N–H and O–H groups in total. The molecule has 3 rings (SSSR count). The van der Waals surface area contributed by atoms with E-state index in [1.807, 2.05) is 32.9 Å². The van der Waals surface area contributed by atoms with E-state index in [-0.39, 0.29) is 18.7 Å². The van der Waals surface area contributed by atoms with Gasteiger partial charge in [0.15, 0.2) is 0 Å². The Morgan fingerprint density at radius 2 is 1.91 bits per heavy atom. The predicted octanol–water partition coefficient (Wildman–Crippen LogP) is 2.86. The zero-order valence-electron chi connectivity index (χ0n) is 21.1. The first-order valence-electron chi connectivity index (χ1n) is 11.9. The summed E-state index contributed by atoms with van der Waals surface area (Å²) in [6.07, 6.45) is 1.04. The third-order valence-electron chi connectivity index (χ3n) is 5.77. The molecule has 1 aromatic rings. The number of likely N-dealkylation sites (tertiary alicyclic amines) is 1. The first-order chi connectivity index (χ1) is 16.6. The minimum Gasteiger partial charge on any atom is -0.497 e. The molecule has 2 aliphatic heterocycles. The highest BCUT2D eigenvalue weighted by atomic mass is 16.6. The number of carbonyl (C=O) groups is 3.